The van der Waals surface area contributed by atoms with Crippen molar-refractivity contribution in [2.75, 3.05) is 13.8 Å². The van der Waals surface area contributed by atoms with Crippen LogP contribution < -0.4 is 4.74 Å². The Kier molecular flexibility index (Phi) is 2.47. The van der Waals surface area contributed by atoms with Crippen molar-refractivity contribution in [3.05, 3.63) is 27.8 Å². The molecule has 1 aliphatic heterocycles. The minimum atomic E-state index is 0.704. The van der Waals surface area contributed by atoms with Crippen molar-refractivity contribution in [2.45, 2.75) is 34.2 Å². The molecule has 0 spiro atoms. The molecule has 1 aliphatic rings. The van der Waals surface area contributed by atoms with Crippen LogP contribution in [0.25, 0.3) is 0 Å². The molecule has 82 valence electrons. The first-order valence-electron chi connectivity index (χ1n) is 5.43. The second-order valence-electron chi connectivity index (χ2n) is 4.60. The number of hydrogen-bond acceptors (Lipinski definition) is 2. The Hall–Kier alpha value is -1.02. The highest BCUT2D eigenvalue weighted by atomic mass is 16.5. The molecule has 0 N–H and O–H groups in total. The van der Waals surface area contributed by atoms with Gasteiger partial charge >= 0.3 is 0 Å². The van der Waals surface area contributed by atoms with Gasteiger partial charge in [0, 0.05) is 12.1 Å². The summed E-state index contributed by atoms with van der Waals surface area (Å²) in [4.78, 5) is 2.20. The van der Waals surface area contributed by atoms with Crippen LogP contribution in [0.15, 0.2) is 0 Å². The van der Waals surface area contributed by atoms with Gasteiger partial charge in [-0.1, -0.05) is 0 Å². The SMILES string of the molecule is Cc1c(C)c(C)c2c(c1C)CN(C)CO2. The Bertz CT molecular complexity index is 410. The third-order valence-corrected chi connectivity index (χ3v) is 3.61. The Balaban J connectivity index is 2.65. The zero-order chi connectivity index (χ0) is 11.2. The monoisotopic (exact) mass is 205 g/mol. The molecule has 0 aromatic heterocycles. The molecule has 15 heavy (non-hydrogen) atoms. The number of ether oxygens (including phenoxy) is 1. The van der Waals surface area contributed by atoms with Gasteiger partial charge in [0.2, 0.25) is 0 Å². The molecule has 0 saturated carbocycles. The maximum atomic E-state index is 5.81. The van der Waals surface area contributed by atoms with Crippen LogP contribution in [-0.2, 0) is 6.54 Å². The fourth-order valence-electron chi connectivity index (χ4n) is 2.23. The molecule has 1 aromatic rings. The van der Waals surface area contributed by atoms with Gasteiger partial charge in [0.1, 0.15) is 12.5 Å². The van der Waals surface area contributed by atoms with E-state index in [0.29, 0.717) is 6.73 Å². The predicted molar refractivity (Wildman–Crippen MR) is 62.4 cm³/mol. The first-order valence-corrected chi connectivity index (χ1v) is 5.43. The fourth-order valence-corrected chi connectivity index (χ4v) is 2.23. The van der Waals surface area contributed by atoms with E-state index in [4.69, 9.17) is 4.74 Å². The Morgan fingerprint density at radius 1 is 0.933 bits per heavy atom. The first kappa shape index (κ1) is 10.5. The van der Waals surface area contributed by atoms with Gasteiger partial charge in [0.05, 0.1) is 0 Å². The molecule has 0 radical (unpaired) electrons. The zero-order valence-electron chi connectivity index (χ0n) is 10.3. The summed E-state index contributed by atoms with van der Waals surface area (Å²) in [6.07, 6.45) is 0. The molecule has 1 aromatic carbocycles. The van der Waals surface area contributed by atoms with Gasteiger partial charge in [-0.05, 0) is 57.0 Å². The van der Waals surface area contributed by atoms with E-state index in [1.165, 1.54) is 27.8 Å². The van der Waals surface area contributed by atoms with Crippen LogP contribution in [0.4, 0.5) is 0 Å². The van der Waals surface area contributed by atoms with Crippen molar-refractivity contribution in [3.63, 3.8) is 0 Å². The van der Waals surface area contributed by atoms with Crippen LogP contribution in [0.5, 0.6) is 5.75 Å². The molecule has 0 atom stereocenters. The van der Waals surface area contributed by atoms with E-state index in [0.717, 1.165) is 12.3 Å². The van der Waals surface area contributed by atoms with Crippen molar-refractivity contribution < 1.29 is 4.74 Å². The lowest BCUT2D eigenvalue weighted by atomic mass is 9.92. The van der Waals surface area contributed by atoms with E-state index in [-0.39, 0.29) is 0 Å². The van der Waals surface area contributed by atoms with Crippen LogP contribution in [0.1, 0.15) is 27.8 Å². The third kappa shape index (κ3) is 1.53. The number of hydrogen-bond donors (Lipinski definition) is 0. The number of benzene rings is 1. The molecule has 2 heteroatoms. The van der Waals surface area contributed by atoms with Crippen molar-refractivity contribution in [1.29, 1.82) is 0 Å². The number of rotatable bonds is 0. The van der Waals surface area contributed by atoms with Crippen molar-refractivity contribution in [1.82, 2.24) is 4.90 Å². The van der Waals surface area contributed by atoms with Gasteiger partial charge < -0.3 is 4.74 Å². The average Bonchev–Trinajstić information content (AvgIpc) is 2.23. The summed E-state index contributed by atoms with van der Waals surface area (Å²) in [7, 11) is 2.09. The summed E-state index contributed by atoms with van der Waals surface area (Å²) in [6.45, 7) is 10.4. The molecule has 0 fully saturated rings. The highest BCUT2D eigenvalue weighted by molar-refractivity contribution is 5.54. The highest BCUT2D eigenvalue weighted by Crippen LogP contribution is 2.35. The molecule has 0 saturated heterocycles. The molecular formula is C13H19NO. The Morgan fingerprint density at radius 2 is 1.53 bits per heavy atom. The van der Waals surface area contributed by atoms with Crippen molar-refractivity contribution in [3.8, 4) is 5.75 Å². The quantitative estimate of drug-likeness (QED) is 0.645. The zero-order valence-corrected chi connectivity index (χ0v) is 10.3. The van der Waals surface area contributed by atoms with E-state index >= 15 is 0 Å². The Morgan fingerprint density at radius 3 is 2.20 bits per heavy atom. The van der Waals surface area contributed by atoms with Crippen LogP contribution in [0.3, 0.4) is 0 Å². The fraction of sp³-hybridized carbons (Fsp3) is 0.538. The lowest BCUT2D eigenvalue weighted by Gasteiger charge is -2.30. The van der Waals surface area contributed by atoms with Gasteiger partial charge in [-0.15, -0.1) is 0 Å². The lowest BCUT2D eigenvalue weighted by molar-refractivity contribution is 0.120. The molecule has 0 amide bonds. The van der Waals surface area contributed by atoms with Gasteiger partial charge in [0.25, 0.3) is 0 Å². The van der Waals surface area contributed by atoms with E-state index in [1.54, 1.807) is 0 Å². The second kappa shape index (κ2) is 3.53. The first-order chi connectivity index (χ1) is 7.02. The third-order valence-electron chi connectivity index (χ3n) is 3.61. The number of nitrogens with zero attached hydrogens (tertiary/aromatic N) is 1. The largest absolute Gasteiger partial charge is 0.478 e. The highest BCUT2D eigenvalue weighted by Gasteiger charge is 2.21. The molecule has 2 rings (SSSR count). The van der Waals surface area contributed by atoms with Gasteiger partial charge in [-0.25, -0.2) is 0 Å². The summed E-state index contributed by atoms with van der Waals surface area (Å²) in [5.74, 6) is 1.12. The maximum absolute atomic E-state index is 5.81. The lowest BCUT2D eigenvalue weighted by Crippen LogP contribution is -2.29. The number of fused-ring (bicyclic) bond motifs is 1. The van der Waals surface area contributed by atoms with Crippen LogP contribution in [0, 0.1) is 27.7 Å². The second-order valence-corrected chi connectivity index (χ2v) is 4.60. The average molecular weight is 205 g/mol. The summed E-state index contributed by atoms with van der Waals surface area (Å²) in [6, 6.07) is 0. The standard InChI is InChI=1S/C13H19NO/c1-8-9(2)11(4)13-12(10(8)3)6-14(5)7-15-13/h6-7H2,1-5H3. The molecule has 2 nitrogen and oxygen atoms in total. The molecule has 0 bridgehead atoms. The van der Waals surface area contributed by atoms with Crippen LogP contribution >= 0.6 is 0 Å². The summed E-state index contributed by atoms with van der Waals surface area (Å²) in [5, 5.41) is 0. The van der Waals surface area contributed by atoms with Crippen LogP contribution in [0.2, 0.25) is 0 Å². The predicted octanol–water partition coefficient (Wildman–Crippen LogP) is 2.70. The summed E-state index contributed by atoms with van der Waals surface area (Å²) in [5.41, 5.74) is 6.84. The van der Waals surface area contributed by atoms with E-state index in [1.807, 2.05) is 0 Å². The van der Waals surface area contributed by atoms with Crippen LogP contribution in [-0.4, -0.2) is 18.7 Å². The van der Waals surface area contributed by atoms with Gasteiger partial charge in [-0.3, -0.25) is 4.90 Å². The molecule has 0 aliphatic carbocycles. The summed E-state index contributed by atoms with van der Waals surface area (Å²) >= 11 is 0. The van der Waals surface area contributed by atoms with E-state index in [9.17, 15) is 0 Å². The summed E-state index contributed by atoms with van der Waals surface area (Å²) < 4.78 is 5.81. The van der Waals surface area contributed by atoms with E-state index < -0.39 is 0 Å². The molecule has 1 heterocycles. The van der Waals surface area contributed by atoms with Gasteiger partial charge in [0.15, 0.2) is 0 Å². The minimum Gasteiger partial charge on any atom is -0.478 e. The van der Waals surface area contributed by atoms with E-state index in [2.05, 4.69) is 39.6 Å². The Labute approximate surface area is 91.9 Å². The van der Waals surface area contributed by atoms with Gasteiger partial charge in [-0.2, -0.15) is 0 Å². The smallest absolute Gasteiger partial charge is 0.142 e. The molecular weight excluding hydrogens is 186 g/mol. The normalized spacial score (nSPS) is 16.1. The molecule has 0 unspecified atom stereocenters. The maximum Gasteiger partial charge on any atom is 0.142 e. The van der Waals surface area contributed by atoms with Crippen molar-refractivity contribution >= 4 is 0 Å². The van der Waals surface area contributed by atoms with Crippen molar-refractivity contribution in [2.24, 2.45) is 0 Å². The topological polar surface area (TPSA) is 12.5 Å². The minimum absolute atomic E-state index is 0.704.